The second kappa shape index (κ2) is 8.53. The van der Waals surface area contributed by atoms with Crippen LogP contribution >= 0.6 is 23.2 Å². The quantitative estimate of drug-likeness (QED) is 0.403. The van der Waals surface area contributed by atoms with Crippen LogP contribution in [0.4, 0.5) is 0 Å². The Bertz CT molecular complexity index is 1050. The van der Waals surface area contributed by atoms with Gasteiger partial charge in [-0.05, 0) is 61.6 Å². The number of benzene rings is 1. The van der Waals surface area contributed by atoms with Crippen LogP contribution in [0, 0.1) is 26.2 Å². The fourth-order valence-electron chi connectivity index (χ4n) is 4.39. The first-order valence-corrected chi connectivity index (χ1v) is 10.9. The third-order valence-corrected chi connectivity index (χ3v) is 6.83. The minimum atomic E-state index is -0.0289. The molecule has 0 fully saturated rings. The molecular weight excluding hydrogens is 403 g/mol. The van der Waals surface area contributed by atoms with E-state index in [-0.39, 0.29) is 5.41 Å². The van der Waals surface area contributed by atoms with E-state index >= 15 is 0 Å². The molecule has 0 spiro atoms. The van der Waals surface area contributed by atoms with E-state index in [1.165, 1.54) is 28.6 Å². The lowest BCUT2D eigenvalue weighted by molar-refractivity contribution is 0.227. The lowest BCUT2D eigenvalue weighted by Crippen LogP contribution is -2.29. The summed E-state index contributed by atoms with van der Waals surface area (Å²) in [7, 11) is 0. The summed E-state index contributed by atoms with van der Waals surface area (Å²) in [4.78, 5) is 17.5. The molecule has 29 heavy (non-hydrogen) atoms. The summed E-state index contributed by atoms with van der Waals surface area (Å²) in [6.45, 7) is 13.4. The van der Waals surface area contributed by atoms with Crippen molar-refractivity contribution in [3.63, 3.8) is 0 Å². The van der Waals surface area contributed by atoms with Gasteiger partial charge < -0.3 is 0 Å². The summed E-state index contributed by atoms with van der Waals surface area (Å²) in [6, 6.07) is 4.59. The molecule has 2 aromatic heterocycles. The van der Waals surface area contributed by atoms with Crippen LogP contribution in [0.2, 0.25) is 10.3 Å². The summed E-state index contributed by atoms with van der Waals surface area (Å²) < 4.78 is 0. The number of hydrogen-bond donors (Lipinski definition) is 0. The Kier molecular flexibility index (Phi) is 6.45. The molecule has 2 atom stereocenters. The Morgan fingerprint density at radius 2 is 1.69 bits per heavy atom. The fraction of sp³-hybridized carbons (Fsp3) is 0.478. The molecule has 0 aliphatic heterocycles. The van der Waals surface area contributed by atoms with Gasteiger partial charge in [-0.1, -0.05) is 61.7 Å². The fourth-order valence-corrected chi connectivity index (χ4v) is 4.80. The van der Waals surface area contributed by atoms with E-state index in [4.69, 9.17) is 23.2 Å². The summed E-state index contributed by atoms with van der Waals surface area (Å²) in [5.41, 5.74) is 6.40. The van der Waals surface area contributed by atoms with Crippen molar-refractivity contribution >= 4 is 34.2 Å². The maximum absolute atomic E-state index is 6.40. The molecule has 0 N–H and O–H groups in total. The smallest absolute Gasteiger partial charge is 0.159 e. The Balaban J connectivity index is 2.07. The second-order valence-corrected chi connectivity index (χ2v) is 8.95. The molecule has 0 saturated heterocycles. The van der Waals surface area contributed by atoms with Crippen LogP contribution in [0.25, 0.3) is 11.0 Å². The molecular formula is C23H28Cl2N4. The number of aryl methyl sites for hydroxylation is 2. The standard InChI is InChI=1S/C23H28Cl2N4/c1-7-17(16-10-13(3)9-14(4)15(16)5)23(6,8-2)11-18-28-20-19(22(25)29-18)26-12-27-21(20)24/h9-10,12,17H,7-8,11H2,1-6H3. The van der Waals surface area contributed by atoms with Crippen molar-refractivity contribution < 1.29 is 0 Å². The summed E-state index contributed by atoms with van der Waals surface area (Å²) in [5, 5.41) is 0.624. The molecule has 0 amide bonds. The highest BCUT2D eigenvalue weighted by molar-refractivity contribution is 6.37. The number of nitrogens with zero attached hydrogens (tertiary/aromatic N) is 4. The maximum atomic E-state index is 6.40. The average molecular weight is 431 g/mol. The Labute approximate surface area is 183 Å². The summed E-state index contributed by atoms with van der Waals surface area (Å²) in [6.07, 6.45) is 4.12. The van der Waals surface area contributed by atoms with Gasteiger partial charge in [-0.2, -0.15) is 0 Å². The molecule has 6 heteroatoms. The van der Waals surface area contributed by atoms with E-state index in [2.05, 4.69) is 73.6 Å². The van der Waals surface area contributed by atoms with Crippen molar-refractivity contribution in [3.05, 3.63) is 56.8 Å². The molecule has 2 unspecified atom stereocenters. The number of rotatable bonds is 6. The lowest BCUT2D eigenvalue weighted by atomic mass is 9.67. The molecule has 2 heterocycles. The van der Waals surface area contributed by atoms with Crippen LogP contribution in [0.3, 0.4) is 0 Å². The number of halogens is 2. The third-order valence-electron chi connectivity index (χ3n) is 6.29. The molecule has 0 aliphatic carbocycles. The summed E-state index contributed by atoms with van der Waals surface area (Å²) >= 11 is 12.7. The molecule has 0 radical (unpaired) electrons. The van der Waals surface area contributed by atoms with E-state index in [0.717, 1.165) is 12.8 Å². The SMILES string of the molecule is CCC(c1cc(C)cc(C)c1C)C(C)(CC)Cc1nc(Cl)c2ncnc(Cl)c2n1. The van der Waals surface area contributed by atoms with Crippen molar-refractivity contribution in [1.82, 2.24) is 19.9 Å². The monoisotopic (exact) mass is 430 g/mol. The Morgan fingerprint density at radius 1 is 0.966 bits per heavy atom. The van der Waals surface area contributed by atoms with Gasteiger partial charge in [0.05, 0.1) is 0 Å². The van der Waals surface area contributed by atoms with Gasteiger partial charge in [0.1, 0.15) is 23.2 Å². The first-order chi connectivity index (χ1) is 13.7. The van der Waals surface area contributed by atoms with Gasteiger partial charge >= 0.3 is 0 Å². The molecule has 4 nitrogen and oxygen atoms in total. The second-order valence-electron chi connectivity index (χ2n) is 8.23. The van der Waals surface area contributed by atoms with Gasteiger partial charge in [0, 0.05) is 6.42 Å². The topological polar surface area (TPSA) is 51.6 Å². The number of hydrogen-bond acceptors (Lipinski definition) is 4. The first-order valence-electron chi connectivity index (χ1n) is 10.1. The summed E-state index contributed by atoms with van der Waals surface area (Å²) in [5.74, 6) is 1.07. The van der Waals surface area contributed by atoms with Crippen LogP contribution in [0.15, 0.2) is 18.5 Å². The Morgan fingerprint density at radius 3 is 2.34 bits per heavy atom. The minimum absolute atomic E-state index is 0.0289. The predicted molar refractivity (Wildman–Crippen MR) is 121 cm³/mol. The average Bonchev–Trinajstić information content (AvgIpc) is 2.67. The highest BCUT2D eigenvalue weighted by atomic mass is 35.5. The number of aromatic nitrogens is 4. The van der Waals surface area contributed by atoms with E-state index < -0.39 is 0 Å². The van der Waals surface area contributed by atoms with Crippen molar-refractivity contribution in [1.29, 1.82) is 0 Å². The number of fused-ring (bicyclic) bond motifs is 1. The highest BCUT2D eigenvalue weighted by Crippen LogP contribution is 2.45. The van der Waals surface area contributed by atoms with E-state index in [1.54, 1.807) is 0 Å². The zero-order chi connectivity index (χ0) is 21.3. The molecule has 1 aromatic carbocycles. The molecule has 0 saturated carbocycles. The van der Waals surface area contributed by atoms with E-state index in [1.807, 2.05) is 0 Å². The van der Waals surface area contributed by atoms with E-state index in [0.29, 0.717) is 39.5 Å². The largest absolute Gasteiger partial charge is 0.231 e. The van der Waals surface area contributed by atoms with E-state index in [9.17, 15) is 0 Å². The van der Waals surface area contributed by atoms with Crippen LogP contribution in [-0.4, -0.2) is 19.9 Å². The van der Waals surface area contributed by atoms with Gasteiger partial charge in [-0.25, -0.2) is 19.9 Å². The van der Waals surface area contributed by atoms with Crippen LogP contribution in [0.5, 0.6) is 0 Å². The van der Waals surface area contributed by atoms with Gasteiger partial charge in [0.2, 0.25) is 0 Å². The highest BCUT2D eigenvalue weighted by Gasteiger charge is 2.35. The van der Waals surface area contributed by atoms with Crippen molar-refractivity contribution in [3.8, 4) is 0 Å². The maximum Gasteiger partial charge on any atom is 0.159 e. The molecule has 154 valence electrons. The zero-order valence-corrected chi connectivity index (χ0v) is 19.5. The molecule has 3 aromatic rings. The van der Waals surface area contributed by atoms with Crippen LogP contribution in [0.1, 0.15) is 67.6 Å². The Hall–Kier alpha value is -1.78. The van der Waals surface area contributed by atoms with Crippen molar-refractivity contribution in [2.24, 2.45) is 5.41 Å². The van der Waals surface area contributed by atoms with Crippen molar-refractivity contribution in [2.75, 3.05) is 0 Å². The normalized spacial score (nSPS) is 14.8. The van der Waals surface area contributed by atoms with Crippen molar-refractivity contribution in [2.45, 2.75) is 66.7 Å². The van der Waals surface area contributed by atoms with Crippen LogP contribution in [-0.2, 0) is 6.42 Å². The molecule has 0 aliphatic rings. The van der Waals surface area contributed by atoms with Gasteiger partial charge in [0.15, 0.2) is 10.3 Å². The molecule has 0 bridgehead atoms. The van der Waals surface area contributed by atoms with Gasteiger partial charge in [0.25, 0.3) is 0 Å². The predicted octanol–water partition coefficient (Wildman–Crippen LogP) is 6.80. The zero-order valence-electron chi connectivity index (χ0n) is 18.0. The van der Waals surface area contributed by atoms with Crippen LogP contribution < -0.4 is 0 Å². The lowest BCUT2D eigenvalue weighted by Gasteiger charge is -2.38. The first kappa shape index (κ1) is 21.9. The third kappa shape index (κ3) is 4.24. The molecule has 3 rings (SSSR count). The van der Waals surface area contributed by atoms with Gasteiger partial charge in [-0.15, -0.1) is 0 Å². The van der Waals surface area contributed by atoms with Gasteiger partial charge in [-0.3, -0.25) is 0 Å². The minimum Gasteiger partial charge on any atom is -0.231 e.